The first-order valence-corrected chi connectivity index (χ1v) is 4.39. The van der Waals surface area contributed by atoms with Gasteiger partial charge in [-0.25, -0.2) is 0 Å². The normalized spacial score (nSPS) is 12.2. The molecule has 19 heavy (non-hydrogen) atoms. The molecule has 0 saturated heterocycles. The summed E-state index contributed by atoms with van der Waals surface area (Å²) in [5.41, 5.74) is 0. The van der Waals surface area contributed by atoms with Crippen LogP contribution in [0.4, 0.5) is 0 Å². The van der Waals surface area contributed by atoms with Crippen molar-refractivity contribution in [1.29, 1.82) is 0 Å². The van der Waals surface area contributed by atoms with E-state index in [4.69, 9.17) is 20.4 Å². The predicted molar refractivity (Wildman–Crippen MR) is 50.5 cm³/mol. The first-order valence-electron chi connectivity index (χ1n) is 4.39. The standard InChI is InChI=1S/C8H11NO8.2Na/c10-5(11)1-3(7(14)15)9-4(8(16)17)2-6(12)13;;/h3-4,9H,1-2H2,(H,10,11)(H,12,13)(H,14,15)(H,16,17);;/q;2*+1. The molecule has 0 saturated carbocycles. The van der Waals surface area contributed by atoms with Crippen LogP contribution in [0.5, 0.6) is 0 Å². The quantitative estimate of drug-likeness (QED) is 0.274. The van der Waals surface area contributed by atoms with E-state index in [0.29, 0.717) is 0 Å². The van der Waals surface area contributed by atoms with Crippen LogP contribution < -0.4 is 64.4 Å². The molecule has 0 aliphatic heterocycles. The van der Waals surface area contributed by atoms with E-state index in [1.165, 1.54) is 0 Å². The number of carboxylic acid groups (broad SMARTS) is 4. The van der Waals surface area contributed by atoms with Crippen molar-refractivity contribution in [2.24, 2.45) is 0 Å². The van der Waals surface area contributed by atoms with Gasteiger partial charge in [0.1, 0.15) is 12.1 Å². The summed E-state index contributed by atoms with van der Waals surface area (Å²) >= 11 is 0. The number of rotatable bonds is 8. The van der Waals surface area contributed by atoms with Crippen LogP contribution in [-0.4, -0.2) is 56.4 Å². The van der Waals surface area contributed by atoms with E-state index in [1.807, 2.05) is 5.32 Å². The number of hydrogen-bond acceptors (Lipinski definition) is 5. The number of carboxylic acids is 4. The van der Waals surface area contributed by atoms with Gasteiger partial charge in [0.05, 0.1) is 12.8 Å². The smallest absolute Gasteiger partial charge is 0.481 e. The van der Waals surface area contributed by atoms with Crippen LogP contribution in [0.2, 0.25) is 0 Å². The SMILES string of the molecule is O=C(O)CC(NC(CC(=O)O)C(=O)O)C(=O)O.[Na+].[Na+]. The minimum atomic E-state index is -1.66. The first-order chi connectivity index (χ1) is 7.73. The molecular weight excluding hydrogens is 284 g/mol. The van der Waals surface area contributed by atoms with E-state index in [2.05, 4.69) is 0 Å². The van der Waals surface area contributed by atoms with Crippen molar-refractivity contribution in [2.75, 3.05) is 0 Å². The zero-order valence-electron chi connectivity index (χ0n) is 10.5. The van der Waals surface area contributed by atoms with Crippen molar-refractivity contribution in [1.82, 2.24) is 5.32 Å². The van der Waals surface area contributed by atoms with Gasteiger partial charge in [0, 0.05) is 0 Å². The second-order valence-corrected chi connectivity index (χ2v) is 3.14. The molecule has 0 fully saturated rings. The fourth-order valence-corrected chi connectivity index (χ4v) is 1.03. The Balaban J connectivity index is -0.00000128. The Kier molecular flexibility index (Phi) is 14.7. The Morgan fingerprint density at radius 3 is 1.16 bits per heavy atom. The Morgan fingerprint density at radius 2 is 1.00 bits per heavy atom. The van der Waals surface area contributed by atoms with Gasteiger partial charge in [0.15, 0.2) is 0 Å². The largest absolute Gasteiger partial charge is 1.00 e. The maximum atomic E-state index is 10.6. The topological polar surface area (TPSA) is 161 Å². The zero-order valence-corrected chi connectivity index (χ0v) is 14.5. The Hall–Kier alpha value is -0.160. The van der Waals surface area contributed by atoms with Crippen molar-refractivity contribution < 1.29 is 98.7 Å². The number of carbonyl (C=O) groups is 4. The van der Waals surface area contributed by atoms with Gasteiger partial charge >= 0.3 is 83.0 Å². The third-order valence-corrected chi connectivity index (χ3v) is 1.76. The van der Waals surface area contributed by atoms with Crippen molar-refractivity contribution in [3.63, 3.8) is 0 Å². The van der Waals surface area contributed by atoms with Gasteiger partial charge in [-0.05, 0) is 0 Å². The average molecular weight is 295 g/mol. The third-order valence-electron chi connectivity index (χ3n) is 1.76. The van der Waals surface area contributed by atoms with Gasteiger partial charge in [-0.15, -0.1) is 0 Å². The molecule has 0 rings (SSSR count). The van der Waals surface area contributed by atoms with Crippen LogP contribution in [0.3, 0.4) is 0 Å². The third kappa shape index (κ3) is 11.4. The summed E-state index contributed by atoms with van der Waals surface area (Å²) in [5, 5.41) is 36.0. The van der Waals surface area contributed by atoms with E-state index in [9.17, 15) is 19.2 Å². The fourth-order valence-electron chi connectivity index (χ4n) is 1.03. The summed E-state index contributed by atoms with van der Waals surface area (Å²) in [6.07, 6.45) is -1.70. The van der Waals surface area contributed by atoms with Gasteiger partial charge in [-0.3, -0.25) is 24.5 Å². The Labute approximate surface area is 151 Å². The Bertz CT molecular complexity index is 316. The van der Waals surface area contributed by atoms with Gasteiger partial charge in [0.2, 0.25) is 0 Å². The molecule has 0 aromatic rings. The van der Waals surface area contributed by atoms with Gasteiger partial charge in [-0.1, -0.05) is 0 Å². The van der Waals surface area contributed by atoms with E-state index >= 15 is 0 Å². The molecule has 0 heterocycles. The molecular formula is C8H11NNa2O8+2. The molecule has 0 radical (unpaired) electrons. The van der Waals surface area contributed by atoms with Crippen LogP contribution >= 0.6 is 0 Å². The number of nitrogens with one attached hydrogen (secondary N) is 1. The summed E-state index contributed by atoms with van der Waals surface area (Å²) in [5.74, 6) is -6.01. The minimum Gasteiger partial charge on any atom is -0.481 e. The van der Waals surface area contributed by atoms with Crippen LogP contribution in [0, 0.1) is 0 Å². The second kappa shape index (κ2) is 11.6. The number of hydrogen-bond donors (Lipinski definition) is 5. The monoisotopic (exact) mass is 295 g/mol. The van der Waals surface area contributed by atoms with Crippen LogP contribution in [0.25, 0.3) is 0 Å². The maximum absolute atomic E-state index is 10.6. The minimum absolute atomic E-state index is 0. The van der Waals surface area contributed by atoms with Gasteiger partial charge in [-0.2, -0.15) is 0 Å². The number of aliphatic carboxylic acids is 4. The molecule has 2 unspecified atom stereocenters. The summed E-state index contributed by atoms with van der Waals surface area (Å²) in [4.78, 5) is 41.9. The molecule has 0 aliphatic carbocycles. The summed E-state index contributed by atoms with van der Waals surface area (Å²) in [6, 6.07) is -3.32. The zero-order chi connectivity index (χ0) is 13.6. The molecule has 0 aromatic heterocycles. The van der Waals surface area contributed by atoms with Crippen molar-refractivity contribution >= 4 is 23.9 Å². The van der Waals surface area contributed by atoms with E-state index in [1.54, 1.807) is 0 Å². The average Bonchev–Trinajstić information content (AvgIpc) is 2.13. The summed E-state index contributed by atoms with van der Waals surface area (Å²) in [7, 11) is 0. The van der Waals surface area contributed by atoms with Crippen LogP contribution in [-0.2, 0) is 19.2 Å². The van der Waals surface area contributed by atoms with Crippen LogP contribution in [0.15, 0.2) is 0 Å². The van der Waals surface area contributed by atoms with E-state index in [0.717, 1.165) is 0 Å². The van der Waals surface area contributed by atoms with E-state index in [-0.39, 0.29) is 59.1 Å². The van der Waals surface area contributed by atoms with Crippen LogP contribution in [0.1, 0.15) is 12.8 Å². The molecule has 5 N–H and O–H groups in total. The van der Waals surface area contributed by atoms with Gasteiger partial charge < -0.3 is 20.4 Å². The summed E-state index contributed by atoms with van der Waals surface area (Å²) < 4.78 is 0. The second-order valence-electron chi connectivity index (χ2n) is 3.14. The molecule has 9 nitrogen and oxygen atoms in total. The molecule has 0 aromatic carbocycles. The summed E-state index contributed by atoms with van der Waals surface area (Å²) in [6.45, 7) is 0. The molecule has 2 atom stereocenters. The molecule has 0 spiro atoms. The molecule has 0 amide bonds. The van der Waals surface area contributed by atoms with E-state index < -0.39 is 48.8 Å². The van der Waals surface area contributed by atoms with Crippen molar-refractivity contribution in [2.45, 2.75) is 24.9 Å². The predicted octanol–water partition coefficient (Wildman–Crippen LogP) is -7.56. The first kappa shape index (κ1) is 23.9. The molecule has 0 aliphatic rings. The van der Waals surface area contributed by atoms with Crippen molar-refractivity contribution in [3.8, 4) is 0 Å². The van der Waals surface area contributed by atoms with Crippen molar-refractivity contribution in [3.05, 3.63) is 0 Å². The maximum Gasteiger partial charge on any atom is 1.00 e. The fraction of sp³-hybridized carbons (Fsp3) is 0.500. The molecule has 96 valence electrons. The Morgan fingerprint density at radius 1 is 0.737 bits per heavy atom. The molecule has 11 heteroatoms. The molecule has 0 bridgehead atoms. The van der Waals surface area contributed by atoms with Gasteiger partial charge in [0.25, 0.3) is 0 Å².